The van der Waals surface area contributed by atoms with Crippen molar-refractivity contribution in [3.8, 4) is 0 Å². The number of benzene rings is 1. The quantitative estimate of drug-likeness (QED) is 0.854. The minimum absolute atomic E-state index is 0.0548. The summed E-state index contributed by atoms with van der Waals surface area (Å²) in [6.07, 6.45) is 0.841. The zero-order valence-corrected chi connectivity index (χ0v) is 10.8. The lowest BCUT2D eigenvalue weighted by Crippen LogP contribution is -2.29. The molecule has 0 amide bonds. The van der Waals surface area contributed by atoms with Gasteiger partial charge in [-0.2, -0.15) is 0 Å². The van der Waals surface area contributed by atoms with Crippen molar-refractivity contribution in [1.82, 2.24) is 5.32 Å². The molecule has 4 heteroatoms. The van der Waals surface area contributed by atoms with Crippen LogP contribution < -0.4 is 10.2 Å². The van der Waals surface area contributed by atoms with E-state index in [2.05, 4.69) is 5.32 Å². The van der Waals surface area contributed by atoms with Crippen molar-refractivity contribution in [2.75, 3.05) is 19.0 Å². The molecule has 0 aliphatic carbocycles. The Morgan fingerprint density at radius 3 is 2.24 bits per heavy atom. The van der Waals surface area contributed by atoms with Crippen LogP contribution in [0.5, 0.6) is 0 Å². The first-order valence-corrected chi connectivity index (χ1v) is 5.86. The third kappa shape index (κ3) is 3.16. The molecule has 0 fully saturated rings. The fourth-order valence-electron chi connectivity index (χ4n) is 1.76. The van der Waals surface area contributed by atoms with Crippen molar-refractivity contribution >= 4 is 5.69 Å². The van der Waals surface area contributed by atoms with Crippen LogP contribution in [0.4, 0.5) is 14.5 Å². The maximum atomic E-state index is 13.9. The van der Waals surface area contributed by atoms with E-state index in [4.69, 9.17) is 0 Å². The molecule has 0 aliphatic heterocycles. The summed E-state index contributed by atoms with van der Waals surface area (Å²) in [5, 5.41) is 2.87. The molecule has 1 N–H and O–H groups in total. The topological polar surface area (TPSA) is 15.3 Å². The highest BCUT2D eigenvalue weighted by Crippen LogP contribution is 2.26. The molecular formula is C13H20F2N2. The highest BCUT2D eigenvalue weighted by molar-refractivity contribution is 5.50. The number of nitrogens with zero attached hydrogens (tertiary/aromatic N) is 1. The summed E-state index contributed by atoms with van der Waals surface area (Å²) in [5.74, 6) is -1.00. The second kappa shape index (κ2) is 5.96. The van der Waals surface area contributed by atoms with Gasteiger partial charge in [0.2, 0.25) is 0 Å². The number of hydrogen-bond acceptors (Lipinski definition) is 2. The van der Waals surface area contributed by atoms with Gasteiger partial charge in [0.05, 0.1) is 0 Å². The summed E-state index contributed by atoms with van der Waals surface area (Å²) < 4.78 is 27.7. The fraction of sp³-hybridized carbons (Fsp3) is 0.538. The van der Waals surface area contributed by atoms with Gasteiger partial charge in [0, 0.05) is 19.6 Å². The van der Waals surface area contributed by atoms with Gasteiger partial charge < -0.3 is 10.2 Å². The molecule has 17 heavy (non-hydrogen) atoms. The Morgan fingerprint density at radius 2 is 1.82 bits per heavy atom. The van der Waals surface area contributed by atoms with Crippen molar-refractivity contribution in [3.63, 3.8) is 0 Å². The molecule has 0 saturated carbocycles. The van der Waals surface area contributed by atoms with Gasteiger partial charge >= 0.3 is 0 Å². The van der Waals surface area contributed by atoms with Crippen molar-refractivity contribution in [2.45, 2.75) is 32.9 Å². The van der Waals surface area contributed by atoms with E-state index in [0.717, 1.165) is 6.42 Å². The van der Waals surface area contributed by atoms with Crippen molar-refractivity contribution < 1.29 is 8.78 Å². The van der Waals surface area contributed by atoms with Crippen molar-refractivity contribution in [3.05, 3.63) is 29.3 Å². The molecule has 1 aromatic rings. The Hall–Kier alpha value is -1.16. The summed E-state index contributed by atoms with van der Waals surface area (Å²) in [6, 6.07) is 2.87. The molecule has 1 atom stereocenters. The first kappa shape index (κ1) is 13.9. The van der Waals surface area contributed by atoms with E-state index in [1.165, 1.54) is 12.1 Å². The predicted octanol–water partition coefficient (Wildman–Crippen LogP) is 2.92. The molecule has 0 heterocycles. The zero-order valence-electron chi connectivity index (χ0n) is 10.8. The first-order chi connectivity index (χ1) is 8.01. The number of anilines is 1. The van der Waals surface area contributed by atoms with Crippen molar-refractivity contribution in [2.24, 2.45) is 0 Å². The molecule has 0 spiro atoms. The van der Waals surface area contributed by atoms with Gasteiger partial charge in [-0.05, 0) is 38.1 Å². The number of rotatable bonds is 5. The Bertz CT molecular complexity index is 357. The highest BCUT2D eigenvalue weighted by atomic mass is 19.1. The van der Waals surface area contributed by atoms with Crippen LogP contribution in [0.2, 0.25) is 0 Å². The SMILES string of the molecule is CCC(C)N(C)c1c(F)cc(CNC)cc1F. The average molecular weight is 242 g/mol. The van der Waals surface area contributed by atoms with Gasteiger partial charge in [-0.1, -0.05) is 6.92 Å². The van der Waals surface area contributed by atoms with Gasteiger partial charge in [0.15, 0.2) is 0 Å². The Balaban J connectivity index is 3.08. The molecule has 0 aromatic heterocycles. The number of hydrogen-bond donors (Lipinski definition) is 1. The summed E-state index contributed by atoms with van der Waals surface area (Å²) in [5.41, 5.74) is 0.669. The molecule has 1 rings (SSSR count). The van der Waals surface area contributed by atoms with E-state index in [1.54, 1.807) is 19.0 Å². The second-order valence-corrected chi connectivity index (χ2v) is 4.31. The summed E-state index contributed by atoms with van der Waals surface area (Å²) in [7, 11) is 3.46. The van der Waals surface area contributed by atoms with E-state index < -0.39 is 11.6 Å². The van der Waals surface area contributed by atoms with E-state index in [-0.39, 0.29) is 11.7 Å². The highest BCUT2D eigenvalue weighted by Gasteiger charge is 2.18. The summed E-state index contributed by atoms with van der Waals surface area (Å²) in [4.78, 5) is 1.65. The Kier molecular flexibility index (Phi) is 4.87. The first-order valence-electron chi connectivity index (χ1n) is 5.86. The average Bonchev–Trinajstić information content (AvgIpc) is 2.27. The third-order valence-corrected chi connectivity index (χ3v) is 3.06. The van der Waals surface area contributed by atoms with E-state index in [9.17, 15) is 8.78 Å². The van der Waals surface area contributed by atoms with Crippen LogP contribution in [0.15, 0.2) is 12.1 Å². The maximum Gasteiger partial charge on any atom is 0.149 e. The van der Waals surface area contributed by atoms with Crippen LogP contribution in [-0.4, -0.2) is 20.1 Å². The molecule has 0 aliphatic rings. The molecule has 0 saturated heterocycles. The van der Waals surface area contributed by atoms with Gasteiger partial charge in [0.1, 0.15) is 17.3 Å². The third-order valence-electron chi connectivity index (χ3n) is 3.06. The molecule has 96 valence electrons. The van der Waals surface area contributed by atoms with E-state index >= 15 is 0 Å². The van der Waals surface area contributed by atoms with Crippen LogP contribution in [0.25, 0.3) is 0 Å². The molecule has 1 unspecified atom stereocenters. The summed E-state index contributed by atoms with van der Waals surface area (Å²) in [6.45, 7) is 4.40. The molecular weight excluding hydrogens is 222 g/mol. The normalized spacial score (nSPS) is 12.6. The predicted molar refractivity (Wildman–Crippen MR) is 67.3 cm³/mol. The lowest BCUT2D eigenvalue weighted by molar-refractivity contribution is 0.553. The lowest BCUT2D eigenvalue weighted by Gasteiger charge is -2.27. The van der Waals surface area contributed by atoms with Crippen LogP contribution in [-0.2, 0) is 6.54 Å². The van der Waals surface area contributed by atoms with Crippen LogP contribution >= 0.6 is 0 Å². The Morgan fingerprint density at radius 1 is 1.29 bits per heavy atom. The minimum atomic E-state index is -0.502. The van der Waals surface area contributed by atoms with Crippen LogP contribution in [0.1, 0.15) is 25.8 Å². The Labute approximate surface area is 102 Å². The number of nitrogens with one attached hydrogen (secondary N) is 1. The van der Waals surface area contributed by atoms with E-state index in [0.29, 0.717) is 12.1 Å². The lowest BCUT2D eigenvalue weighted by atomic mass is 10.1. The van der Waals surface area contributed by atoms with Crippen LogP contribution in [0, 0.1) is 11.6 Å². The van der Waals surface area contributed by atoms with Crippen LogP contribution in [0.3, 0.4) is 0 Å². The van der Waals surface area contributed by atoms with E-state index in [1.807, 2.05) is 13.8 Å². The number of halogens is 2. The second-order valence-electron chi connectivity index (χ2n) is 4.31. The van der Waals surface area contributed by atoms with Gasteiger partial charge in [-0.25, -0.2) is 8.78 Å². The maximum absolute atomic E-state index is 13.9. The monoisotopic (exact) mass is 242 g/mol. The van der Waals surface area contributed by atoms with Gasteiger partial charge in [-0.15, -0.1) is 0 Å². The summed E-state index contributed by atoms with van der Waals surface area (Å²) >= 11 is 0. The molecule has 0 bridgehead atoms. The zero-order chi connectivity index (χ0) is 13.0. The van der Waals surface area contributed by atoms with Crippen molar-refractivity contribution in [1.29, 1.82) is 0 Å². The fourth-order valence-corrected chi connectivity index (χ4v) is 1.76. The molecule has 1 aromatic carbocycles. The molecule has 2 nitrogen and oxygen atoms in total. The van der Waals surface area contributed by atoms with Gasteiger partial charge in [-0.3, -0.25) is 0 Å². The minimum Gasteiger partial charge on any atom is -0.367 e. The standard InChI is InChI=1S/C13H20F2N2/c1-5-9(2)17(4)13-11(14)6-10(8-16-3)7-12(13)15/h6-7,9,16H,5,8H2,1-4H3. The van der Waals surface area contributed by atoms with Gasteiger partial charge in [0.25, 0.3) is 0 Å². The molecule has 0 radical (unpaired) electrons. The largest absolute Gasteiger partial charge is 0.367 e. The smallest absolute Gasteiger partial charge is 0.149 e.